The van der Waals surface area contributed by atoms with Crippen LogP contribution in [0.1, 0.15) is 12.8 Å². The van der Waals surface area contributed by atoms with Gasteiger partial charge in [0.1, 0.15) is 6.71 Å². The van der Waals surface area contributed by atoms with Crippen molar-refractivity contribution in [2.45, 2.75) is 31.3 Å². The molecule has 1 heteroatoms. The van der Waals surface area contributed by atoms with Crippen LogP contribution < -0.4 is 0 Å². The first-order chi connectivity index (χ1) is 2.97. The fraction of sp³-hybridized carbons (Fsp3) is 1.00. The van der Waals surface area contributed by atoms with Crippen molar-refractivity contribution >= 4 is 6.71 Å². The fourth-order valence-electron chi connectivity index (χ4n) is 1.56. The standard InChI is InChI=1S/C5H9B/c1-3-6-4-2-5(1)6/h5H,1-4H2. The van der Waals surface area contributed by atoms with Crippen LogP contribution in [0.4, 0.5) is 0 Å². The van der Waals surface area contributed by atoms with Crippen molar-refractivity contribution in [1.29, 1.82) is 0 Å². The number of hydrogen-bond donors (Lipinski definition) is 0. The average molecular weight is 79.9 g/mol. The third-order valence-corrected chi connectivity index (χ3v) is 2.48. The highest BCUT2D eigenvalue weighted by atomic mass is 14.2. The van der Waals surface area contributed by atoms with E-state index in [4.69, 9.17) is 0 Å². The summed E-state index contributed by atoms with van der Waals surface area (Å²) in [4.78, 5) is 0. The molecule has 0 spiro atoms. The van der Waals surface area contributed by atoms with Crippen LogP contribution in [-0.4, -0.2) is 6.71 Å². The summed E-state index contributed by atoms with van der Waals surface area (Å²) in [5, 5.41) is 0. The molecule has 2 heterocycles. The van der Waals surface area contributed by atoms with E-state index < -0.39 is 0 Å². The van der Waals surface area contributed by atoms with Crippen molar-refractivity contribution in [3.63, 3.8) is 0 Å². The molecule has 6 heavy (non-hydrogen) atoms. The summed E-state index contributed by atoms with van der Waals surface area (Å²) in [6.45, 7) is 1.21. The molecule has 0 unspecified atom stereocenters. The maximum atomic E-state index is 1.56. The topological polar surface area (TPSA) is 0 Å². The molecule has 0 aromatic carbocycles. The van der Waals surface area contributed by atoms with Gasteiger partial charge in [0.2, 0.25) is 0 Å². The van der Waals surface area contributed by atoms with Crippen LogP contribution >= 0.6 is 0 Å². The molecule has 2 saturated heterocycles. The second kappa shape index (κ2) is 0.826. The van der Waals surface area contributed by atoms with E-state index in [2.05, 4.69) is 0 Å². The lowest BCUT2D eigenvalue weighted by Gasteiger charge is -2.43. The van der Waals surface area contributed by atoms with Crippen LogP contribution in [0, 0.1) is 0 Å². The van der Waals surface area contributed by atoms with Gasteiger partial charge in [-0.1, -0.05) is 31.3 Å². The van der Waals surface area contributed by atoms with Crippen molar-refractivity contribution in [2.75, 3.05) is 0 Å². The molecular weight excluding hydrogens is 70.9 g/mol. The molecule has 2 aliphatic rings. The summed E-state index contributed by atoms with van der Waals surface area (Å²) in [7, 11) is 0. The van der Waals surface area contributed by atoms with Crippen LogP contribution in [0.15, 0.2) is 0 Å². The Morgan fingerprint density at radius 3 is 1.67 bits per heavy atom. The summed E-state index contributed by atoms with van der Waals surface area (Å²) < 4.78 is 0. The molecule has 2 aliphatic heterocycles. The Hall–Kier alpha value is 0.0649. The van der Waals surface area contributed by atoms with Gasteiger partial charge in [-0.3, -0.25) is 0 Å². The Morgan fingerprint density at radius 1 is 1.17 bits per heavy atom. The highest BCUT2D eigenvalue weighted by molar-refractivity contribution is 6.66. The van der Waals surface area contributed by atoms with Crippen LogP contribution in [0.2, 0.25) is 18.5 Å². The first kappa shape index (κ1) is 3.12. The van der Waals surface area contributed by atoms with E-state index in [9.17, 15) is 0 Å². The lowest BCUT2D eigenvalue weighted by Crippen LogP contribution is -2.39. The molecule has 0 radical (unpaired) electrons. The monoisotopic (exact) mass is 80.1 g/mol. The molecule has 0 aromatic heterocycles. The molecular formula is C5H9B. The third-order valence-electron chi connectivity index (χ3n) is 2.48. The van der Waals surface area contributed by atoms with E-state index in [1.165, 1.54) is 12.5 Å². The second-order valence-corrected chi connectivity index (χ2v) is 2.67. The van der Waals surface area contributed by atoms with Crippen LogP contribution in [-0.2, 0) is 0 Å². The summed E-state index contributed by atoms with van der Waals surface area (Å²) in [5.74, 6) is 1.21. The maximum Gasteiger partial charge on any atom is 0.143 e. The predicted molar refractivity (Wildman–Crippen MR) is 28.4 cm³/mol. The van der Waals surface area contributed by atoms with E-state index in [1.54, 1.807) is 25.5 Å². The molecule has 0 bridgehead atoms. The van der Waals surface area contributed by atoms with Crippen molar-refractivity contribution in [3.05, 3.63) is 0 Å². The van der Waals surface area contributed by atoms with Gasteiger partial charge < -0.3 is 0 Å². The summed E-state index contributed by atoms with van der Waals surface area (Å²) in [5.41, 5.74) is 0. The van der Waals surface area contributed by atoms with E-state index in [1.807, 2.05) is 0 Å². The first-order valence-electron chi connectivity index (χ1n) is 2.97. The van der Waals surface area contributed by atoms with E-state index >= 15 is 0 Å². The minimum absolute atomic E-state index is 1.21. The Morgan fingerprint density at radius 2 is 1.67 bits per heavy atom. The number of rotatable bonds is 0. The lowest BCUT2D eigenvalue weighted by molar-refractivity contribution is 0.592. The van der Waals surface area contributed by atoms with Crippen LogP contribution in [0.25, 0.3) is 0 Å². The largest absolute Gasteiger partial charge is 0.143 e. The second-order valence-electron chi connectivity index (χ2n) is 2.67. The predicted octanol–water partition coefficient (Wildman–Crippen LogP) is 1.66. The van der Waals surface area contributed by atoms with Gasteiger partial charge in [0.15, 0.2) is 0 Å². The fourth-order valence-corrected chi connectivity index (χ4v) is 1.56. The summed E-state index contributed by atoms with van der Waals surface area (Å²) in [6, 6.07) is 0. The highest BCUT2D eigenvalue weighted by Gasteiger charge is 2.40. The van der Waals surface area contributed by atoms with Crippen molar-refractivity contribution in [2.24, 2.45) is 0 Å². The zero-order valence-corrected chi connectivity index (χ0v) is 3.98. The Bertz CT molecular complexity index is 52.3. The highest BCUT2D eigenvalue weighted by Crippen LogP contribution is 2.48. The smallest absolute Gasteiger partial charge is 0.0743 e. The van der Waals surface area contributed by atoms with Gasteiger partial charge in [-0.15, -0.1) is 0 Å². The van der Waals surface area contributed by atoms with Gasteiger partial charge in [-0.05, 0) is 0 Å². The number of fused-ring (bicyclic) bond motifs is 1. The Labute approximate surface area is 39.0 Å². The Balaban J connectivity index is 2.03. The van der Waals surface area contributed by atoms with Gasteiger partial charge in [0.05, 0.1) is 0 Å². The van der Waals surface area contributed by atoms with E-state index in [-0.39, 0.29) is 0 Å². The van der Waals surface area contributed by atoms with Crippen molar-refractivity contribution < 1.29 is 0 Å². The molecule has 2 fully saturated rings. The van der Waals surface area contributed by atoms with Gasteiger partial charge in [0, 0.05) is 0 Å². The molecule has 2 rings (SSSR count). The summed E-state index contributed by atoms with van der Waals surface area (Å²) in [6.07, 6.45) is 6.24. The van der Waals surface area contributed by atoms with Gasteiger partial charge in [-0.2, -0.15) is 0 Å². The van der Waals surface area contributed by atoms with Crippen molar-refractivity contribution in [1.82, 2.24) is 0 Å². The lowest BCUT2D eigenvalue weighted by atomic mass is 9.19. The van der Waals surface area contributed by atoms with Crippen LogP contribution in [0.3, 0.4) is 0 Å². The maximum absolute atomic E-state index is 1.56. The molecule has 0 atom stereocenters. The van der Waals surface area contributed by atoms with Crippen LogP contribution in [0.5, 0.6) is 0 Å². The molecule has 0 N–H and O–H groups in total. The molecule has 0 aliphatic carbocycles. The number of hydrogen-bond acceptors (Lipinski definition) is 0. The van der Waals surface area contributed by atoms with E-state index in [0.717, 1.165) is 0 Å². The van der Waals surface area contributed by atoms with Gasteiger partial charge in [0.25, 0.3) is 0 Å². The molecule has 32 valence electrons. The quantitative estimate of drug-likeness (QED) is 0.388. The molecule has 0 saturated carbocycles. The normalized spacial score (nSPS) is 31.0. The first-order valence-corrected chi connectivity index (χ1v) is 2.97. The van der Waals surface area contributed by atoms with Gasteiger partial charge >= 0.3 is 0 Å². The zero-order valence-electron chi connectivity index (χ0n) is 3.98. The van der Waals surface area contributed by atoms with E-state index in [0.29, 0.717) is 0 Å². The SMILES string of the molecule is C1CC2CCB12. The molecule has 0 amide bonds. The molecule has 0 aromatic rings. The van der Waals surface area contributed by atoms with Gasteiger partial charge in [-0.25, -0.2) is 0 Å². The summed E-state index contributed by atoms with van der Waals surface area (Å²) >= 11 is 0. The minimum Gasteiger partial charge on any atom is -0.0743 e. The minimum atomic E-state index is 1.21. The Kier molecular flexibility index (Phi) is 0.429. The molecule has 0 nitrogen and oxygen atoms in total. The third kappa shape index (κ3) is 0.193. The zero-order chi connectivity index (χ0) is 3.98. The van der Waals surface area contributed by atoms with Crippen molar-refractivity contribution in [3.8, 4) is 0 Å². The average Bonchev–Trinajstić information content (AvgIpc) is 1.54.